The first-order valence-corrected chi connectivity index (χ1v) is 13.6. The van der Waals surface area contributed by atoms with Gasteiger partial charge in [-0.15, -0.1) is 0 Å². The van der Waals surface area contributed by atoms with Crippen molar-refractivity contribution in [1.82, 2.24) is 5.43 Å². The summed E-state index contributed by atoms with van der Waals surface area (Å²) in [5, 5.41) is 6.99. The first-order chi connectivity index (χ1) is 18.0. The third kappa shape index (κ3) is 8.65. The van der Waals surface area contributed by atoms with Crippen molar-refractivity contribution in [2.24, 2.45) is 5.10 Å². The maximum Gasteiger partial charge on any atom is 0.262 e. The molecule has 0 aliphatic rings. The maximum absolute atomic E-state index is 12.3. The van der Waals surface area contributed by atoms with Crippen molar-refractivity contribution in [3.63, 3.8) is 0 Å². The number of carbonyl (C=O) groups excluding carboxylic acids is 2. The highest BCUT2D eigenvalue weighted by molar-refractivity contribution is 7.92. The van der Waals surface area contributed by atoms with Crippen LogP contribution in [0.15, 0.2) is 71.8 Å². The third-order valence-electron chi connectivity index (χ3n) is 4.91. The highest BCUT2D eigenvalue weighted by Crippen LogP contribution is 2.28. The predicted molar refractivity (Wildman–Crippen MR) is 148 cm³/mol. The van der Waals surface area contributed by atoms with Crippen LogP contribution in [0.25, 0.3) is 0 Å². The number of hydrogen-bond donors (Lipinski definition) is 2. The third-order valence-corrected chi connectivity index (χ3v) is 6.78. The Hall–Kier alpha value is -3.80. The molecule has 0 aliphatic heterocycles. The Labute approximate surface area is 230 Å². The van der Waals surface area contributed by atoms with Gasteiger partial charge in [0.25, 0.3) is 11.8 Å². The predicted octanol–water partition coefficient (Wildman–Crippen LogP) is 3.94. The normalized spacial score (nSPS) is 11.2. The topological polar surface area (TPSA) is 126 Å². The molecule has 0 atom stereocenters. The average molecular weight is 579 g/mol. The average Bonchev–Trinajstić information content (AvgIpc) is 2.88. The summed E-state index contributed by atoms with van der Waals surface area (Å²) in [6.07, 6.45) is 2.35. The lowest BCUT2D eigenvalue weighted by atomic mass is 10.2. The van der Waals surface area contributed by atoms with E-state index in [2.05, 4.69) is 15.8 Å². The van der Waals surface area contributed by atoms with Crippen molar-refractivity contribution < 1.29 is 27.5 Å². The zero-order valence-corrected chi connectivity index (χ0v) is 22.7. The highest BCUT2D eigenvalue weighted by Gasteiger charge is 2.21. The van der Waals surface area contributed by atoms with Crippen LogP contribution in [0.3, 0.4) is 0 Å². The maximum atomic E-state index is 12.3. The van der Waals surface area contributed by atoms with E-state index in [-0.39, 0.29) is 28.2 Å². The number of halogens is 2. The van der Waals surface area contributed by atoms with E-state index in [0.717, 1.165) is 10.6 Å². The van der Waals surface area contributed by atoms with Gasteiger partial charge in [0.2, 0.25) is 10.0 Å². The molecule has 3 rings (SSSR count). The molecule has 0 saturated carbocycles. The van der Waals surface area contributed by atoms with E-state index in [1.165, 1.54) is 24.4 Å². The molecular formula is C25H24Cl2N4O6S. The van der Waals surface area contributed by atoms with Crippen molar-refractivity contribution in [2.45, 2.75) is 0 Å². The molecule has 200 valence electrons. The molecular weight excluding hydrogens is 555 g/mol. The van der Waals surface area contributed by atoms with Crippen LogP contribution in [0.5, 0.6) is 11.5 Å². The smallest absolute Gasteiger partial charge is 0.262 e. The number of nitrogens with one attached hydrogen (secondary N) is 2. The minimum atomic E-state index is -3.79. The molecule has 0 saturated heterocycles. The Bertz CT molecular complexity index is 1410. The summed E-state index contributed by atoms with van der Waals surface area (Å²) in [6.45, 7) is -0.704. The van der Waals surface area contributed by atoms with E-state index < -0.39 is 22.5 Å². The molecule has 0 radical (unpaired) electrons. The van der Waals surface area contributed by atoms with E-state index in [1.807, 2.05) is 0 Å². The van der Waals surface area contributed by atoms with Crippen LogP contribution in [0.2, 0.25) is 10.0 Å². The van der Waals surface area contributed by atoms with E-state index >= 15 is 0 Å². The van der Waals surface area contributed by atoms with E-state index in [0.29, 0.717) is 22.7 Å². The van der Waals surface area contributed by atoms with Gasteiger partial charge in [-0.3, -0.25) is 13.9 Å². The Balaban J connectivity index is 1.49. The second-order valence-electron chi connectivity index (χ2n) is 7.80. The number of methoxy groups -OCH3 is 1. The number of carbonyl (C=O) groups is 2. The standard InChI is InChI=1S/C25H24Cl2N4O6S/c1-36-20-10-5-18(6-11-20)29-25(33)16-37-21-8-3-17(4-9-21)14-28-30-24(32)15-31(38(2,34)35)19-7-12-22(26)23(27)13-19/h3-14H,15-16H2,1-2H3,(H,29,33)(H,30,32)/b28-14-. The Morgan fingerprint density at radius 1 is 0.947 bits per heavy atom. The van der Waals surface area contributed by atoms with E-state index in [1.54, 1.807) is 55.6 Å². The summed E-state index contributed by atoms with van der Waals surface area (Å²) >= 11 is 11.9. The van der Waals surface area contributed by atoms with Gasteiger partial charge in [-0.1, -0.05) is 23.2 Å². The Kier molecular flexibility index (Phi) is 9.94. The quantitative estimate of drug-likeness (QED) is 0.262. The number of amides is 2. The molecule has 0 aliphatic carbocycles. The molecule has 0 heterocycles. The Morgan fingerprint density at radius 3 is 2.21 bits per heavy atom. The van der Waals surface area contributed by atoms with Crippen molar-refractivity contribution in [3.8, 4) is 11.5 Å². The molecule has 0 unspecified atom stereocenters. The monoisotopic (exact) mass is 578 g/mol. The molecule has 2 amide bonds. The van der Waals surface area contributed by atoms with Gasteiger partial charge in [0.1, 0.15) is 18.0 Å². The number of anilines is 2. The lowest BCUT2D eigenvalue weighted by Gasteiger charge is -2.21. The first kappa shape index (κ1) is 28.8. The van der Waals surface area contributed by atoms with Crippen LogP contribution in [-0.2, 0) is 19.6 Å². The Morgan fingerprint density at radius 2 is 1.61 bits per heavy atom. The molecule has 0 bridgehead atoms. The second kappa shape index (κ2) is 13.1. The summed E-state index contributed by atoms with van der Waals surface area (Å²) in [4.78, 5) is 24.4. The molecule has 3 aromatic carbocycles. The fourth-order valence-electron chi connectivity index (χ4n) is 3.06. The second-order valence-corrected chi connectivity index (χ2v) is 10.5. The van der Waals surface area contributed by atoms with E-state index in [4.69, 9.17) is 32.7 Å². The number of ether oxygens (including phenoxy) is 2. The van der Waals surface area contributed by atoms with Gasteiger partial charge in [-0.2, -0.15) is 5.10 Å². The first-order valence-electron chi connectivity index (χ1n) is 11.0. The van der Waals surface area contributed by atoms with Crippen molar-refractivity contribution >= 4 is 62.6 Å². The van der Waals surface area contributed by atoms with Gasteiger partial charge in [-0.05, 0) is 72.3 Å². The summed E-state index contributed by atoms with van der Waals surface area (Å²) in [5.41, 5.74) is 3.72. The molecule has 3 aromatic rings. The number of nitrogens with zero attached hydrogens (tertiary/aromatic N) is 2. The SMILES string of the molecule is COc1ccc(NC(=O)COc2ccc(/C=N\NC(=O)CN(c3ccc(Cl)c(Cl)c3)S(C)(=O)=O)cc2)cc1. The van der Waals surface area contributed by atoms with Crippen molar-refractivity contribution in [3.05, 3.63) is 82.3 Å². The molecule has 0 fully saturated rings. The number of rotatable bonds is 11. The summed E-state index contributed by atoms with van der Waals surface area (Å²) in [6, 6.07) is 17.8. The zero-order chi connectivity index (χ0) is 27.7. The minimum absolute atomic E-state index is 0.154. The number of benzene rings is 3. The minimum Gasteiger partial charge on any atom is -0.497 e. The summed E-state index contributed by atoms with van der Waals surface area (Å²) < 4.78 is 35.8. The molecule has 0 aromatic heterocycles. The molecule has 2 N–H and O–H groups in total. The van der Waals surface area contributed by atoms with Crippen LogP contribution >= 0.6 is 23.2 Å². The number of hydrogen-bond acceptors (Lipinski definition) is 7. The molecule has 10 nitrogen and oxygen atoms in total. The van der Waals surface area contributed by atoms with Crippen LogP contribution in [0, 0.1) is 0 Å². The highest BCUT2D eigenvalue weighted by atomic mass is 35.5. The van der Waals surface area contributed by atoms with Crippen LogP contribution in [0.1, 0.15) is 5.56 Å². The van der Waals surface area contributed by atoms with Crippen LogP contribution in [0.4, 0.5) is 11.4 Å². The van der Waals surface area contributed by atoms with Gasteiger partial charge in [-0.25, -0.2) is 13.8 Å². The fourth-order valence-corrected chi connectivity index (χ4v) is 4.20. The summed E-state index contributed by atoms with van der Waals surface area (Å²) in [5.74, 6) is 0.149. The molecule has 13 heteroatoms. The fraction of sp³-hybridized carbons (Fsp3) is 0.160. The summed E-state index contributed by atoms with van der Waals surface area (Å²) in [7, 11) is -2.23. The number of hydrazone groups is 1. The van der Waals surface area contributed by atoms with Crippen molar-refractivity contribution in [1.29, 1.82) is 0 Å². The van der Waals surface area contributed by atoms with Gasteiger partial charge in [0.05, 0.1) is 35.3 Å². The van der Waals surface area contributed by atoms with Gasteiger partial charge >= 0.3 is 0 Å². The van der Waals surface area contributed by atoms with Crippen LogP contribution < -0.4 is 24.5 Å². The lowest BCUT2D eigenvalue weighted by Crippen LogP contribution is -2.39. The van der Waals surface area contributed by atoms with Crippen molar-refractivity contribution in [2.75, 3.05) is 36.1 Å². The molecule has 0 spiro atoms. The largest absolute Gasteiger partial charge is 0.497 e. The van der Waals surface area contributed by atoms with Gasteiger partial charge in [0, 0.05) is 5.69 Å². The van der Waals surface area contributed by atoms with Gasteiger partial charge in [0.15, 0.2) is 6.61 Å². The van der Waals surface area contributed by atoms with Gasteiger partial charge < -0.3 is 14.8 Å². The molecule has 38 heavy (non-hydrogen) atoms. The zero-order valence-electron chi connectivity index (χ0n) is 20.4. The van der Waals surface area contributed by atoms with Crippen LogP contribution in [-0.4, -0.2) is 53.0 Å². The van der Waals surface area contributed by atoms with E-state index in [9.17, 15) is 18.0 Å². The lowest BCUT2D eigenvalue weighted by molar-refractivity contribution is -0.119. The number of sulfonamides is 1.